The summed E-state index contributed by atoms with van der Waals surface area (Å²) in [7, 11) is 1.57. The highest BCUT2D eigenvalue weighted by atomic mass is 35.5. The number of halogens is 2. The fourth-order valence-electron chi connectivity index (χ4n) is 2.97. The number of H-pyrrole nitrogens is 1. The number of anilines is 1. The van der Waals surface area contributed by atoms with E-state index < -0.39 is 5.97 Å². The molecular formula is C16H18Cl2N4O4S. The minimum atomic E-state index is -0.999. The van der Waals surface area contributed by atoms with Gasteiger partial charge in [-0.1, -0.05) is 34.5 Å². The molecule has 0 saturated carbocycles. The molecule has 1 amide bonds. The lowest BCUT2D eigenvalue weighted by Gasteiger charge is -2.37. The number of hydrogen-bond acceptors (Lipinski definition) is 6. The average Bonchev–Trinajstić information content (AvgIpc) is 3.23. The number of carbonyl (C=O) groups excluding carboxylic acids is 1. The van der Waals surface area contributed by atoms with E-state index in [1.54, 1.807) is 14.0 Å². The van der Waals surface area contributed by atoms with Crippen molar-refractivity contribution in [3.63, 3.8) is 0 Å². The van der Waals surface area contributed by atoms with E-state index >= 15 is 0 Å². The number of nitrogens with zero attached hydrogens (tertiary/aromatic N) is 2. The van der Waals surface area contributed by atoms with Crippen LogP contribution in [0.5, 0.6) is 0 Å². The third-order valence-electron chi connectivity index (χ3n) is 4.43. The number of ether oxygens (including phenoxy) is 1. The van der Waals surface area contributed by atoms with E-state index in [0.29, 0.717) is 35.4 Å². The van der Waals surface area contributed by atoms with Gasteiger partial charge in [0.2, 0.25) is 0 Å². The van der Waals surface area contributed by atoms with Crippen LogP contribution in [0.3, 0.4) is 0 Å². The Bertz CT molecular complexity index is 869. The quantitative estimate of drug-likeness (QED) is 0.670. The Morgan fingerprint density at radius 2 is 2.19 bits per heavy atom. The second-order valence-electron chi connectivity index (χ2n) is 6.15. The molecule has 1 aliphatic rings. The smallest absolute Gasteiger partial charge is 0.347 e. The maximum Gasteiger partial charge on any atom is 0.347 e. The Morgan fingerprint density at radius 3 is 2.74 bits per heavy atom. The number of aromatic carboxylic acids is 1. The number of carboxylic acids is 1. The molecule has 0 aliphatic carbocycles. The number of aromatic amines is 1. The number of aromatic nitrogens is 2. The van der Waals surface area contributed by atoms with Crippen LogP contribution in [0.1, 0.15) is 32.3 Å². The van der Waals surface area contributed by atoms with E-state index in [1.165, 1.54) is 6.20 Å². The third kappa shape index (κ3) is 4.06. The third-order valence-corrected chi connectivity index (χ3v) is 6.43. The van der Waals surface area contributed by atoms with Crippen LogP contribution < -0.4 is 10.2 Å². The molecule has 27 heavy (non-hydrogen) atoms. The summed E-state index contributed by atoms with van der Waals surface area (Å²) in [5, 5.41) is 13.1. The summed E-state index contributed by atoms with van der Waals surface area (Å²) in [6.07, 6.45) is 1.67. The van der Waals surface area contributed by atoms with Gasteiger partial charge in [0.1, 0.15) is 10.6 Å². The first kappa shape index (κ1) is 19.9. The lowest BCUT2D eigenvalue weighted by atomic mass is 10.0. The summed E-state index contributed by atoms with van der Waals surface area (Å²) < 4.78 is 5.54. The molecule has 2 atom stereocenters. The van der Waals surface area contributed by atoms with Crippen molar-refractivity contribution in [2.24, 2.45) is 0 Å². The first-order valence-electron chi connectivity index (χ1n) is 8.13. The normalized spacial score (nSPS) is 19.9. The predicted octanol–water partition coefficient (Wildman–Crippen LogP) is 2.81. The van der Waals surface area contributed by atoms with Crippen molar-refractivity contribution in [2.75, 3.05) is 25.1 Å². The Labute approximate surface area is 169 Å². The minimum absolute atomic E-state index is 0.183. The summed E-state index contributed by atoms with van der Waals surface area (Å²) in [5.41, 5.74) is 0.852. The molecule has 1 saturated heterocycles. The molecule has 146 valence electrons. The summed E-state index contributed by atoms with van der Waals surface area (Å²) >= 11 is 13.3. The van der Waals surface area contributed by atoms with Gasteiger partial charge in [0, 0.05) is 25.9 Å². The topological polar surface area (TPSA) is 108 Å². The second kappa shape index (κ2) is 8.05. The van der Waals surface area contributed by atoms with Gasteiger partial charge in [0.05, 0.1) is 28.4 Å². The average molecular weight is 433 g/mol. The first-order valence-corrected chi connectivity index (χ1v) is 9.70. The molecule has 1 fully saturated rings. The second-order valence-corrected chi connectivity index (χ2v) is 7.92. The Balaban J connectivity index is 1.68. The highest BCUT2D eigenvalue weighted by molar-refractivity contribution is 7.17. The van der Waals surface area contributed by atoms with Crippen LogP contribution >= 0.6 is 34.5 Å². The molecule has 0 radical (unpaired) electrons. The van der Waals surface area contributed by atoms with Crippen LogP contribution in [0.2, 0.25) is 10.0 Å². The van der Waals surface area contributed by atoms with Crippen molar-refractivity contribution < 1.29 is 19.4 Å². The zero-order valence-corrected chi connectivity index (χ0v) is 16.9. The van der Waals surface area contributed by atoms with Gasteiger partial charge in [-0.2, -0.15) is 0 Å². The van der Waals surface area contributed by atoms with Gasteiger partial charge in [0.25, 0.3) is 5.91 Å². The number of piperidine rings is 1. The highest BCUT2D eigenvalue weighted by Gasteiger charge is 2.33. The van der Waals surface area contributed by atoms with Crippen molar-refractivity contribution >= 4 is 51.5 Å². The molecule has 2 aromatic rings. The van der Waals surface area contributed by atoms with Crippen molar-refractivity contribution in [2.45, 2.75) is 25.5 Å². The molecular weight excluding hydrogens is 415 g/mol. The number of amides is 1. The van der Waals surface area contributed by atoms with Crippen LogP contribution in [-0.4, -0.2) is 59.3 Å². The maximum absolute atomic E-state index is 12.6. The van der Waals surface area contributed by atoms with Gasteiger partial charge >= 0.3 is 5.97 Å². The van der Waals surface area contributed by atoms with Gasteiger partial charge in [-0.25, -0.2) is 9.78 Å². The molecule has 3 rings (SSSR count). The Morgan fingerprint density at radius 1 is 1.44 bits per heavy atom. The number of rotatable bonds is 5. The molecule has 11 heteroatoms. The molecule has 0 bridgehead atoms. The molecule has 1 aliphatic heterocycles. The van der Waals surface area contributed by atoms with Crippen molar-refractivity contribution in [1.82, 2.24) is 15.3 Å². The SMILES string of the molecule is COC1CN(c2ncc(C(=O)O)s2)CCC1NC(=O)c1[nH]c(C)c(Cl)c1Cl. The number of hydrogen-bond donors (Lipinski definition) is 3. The van der Waals surface area contributed by atoms with Gasteiger partial charge in [-0.15, -0.1) is 0 Å². The number of methoxy groups -OCH3 is 1. The van der Waals surface area contributed by atoms with E-state index in [4.69, 9.17) is 33.0 Å². The van der Waals surface area contributed by atoms with E-state index in [1.807, 2.05) is 4.90 Å². The minimum Gasteiger partial charge on any atom is -0.477 e. The Hall–Kier alpha value is -1.81. The van der Waals surface area contributed by atoms with Crippen LogP contribution in [0.15, 0.2) is 6.20 Å². The number of aryl methyl sites for hydroxylation is 1. The number of thiazole rings is 1. The zero-order valence-electron chi connectivity index (χ0n) is 14.6. The van der Waals surface area contributed by atoms with E-state index in [-0.39, 0.29) is 33.6 Å². The summed E-state index contributed by atoms with van der Waals surface area (Å²) in [6.45, 7) is 2.82. The molecule has 3 heterocycles. The van der Waals surface area contributed by atoms with Crippen molar-refractivity contribution in [3.8, 4) is 0 Å². The Kier molecular flexibility index (Phi) is 5.95. The fraction of sp³-hybridized carbons (Fsp3) is 0.438. The van der Waals surface area contributed by atoms with Crippen LogP contribution in [0, 0.1) is 6.92 Å². The highest BCUT2D eigenvalue weighted by Crippen LogP contribution is 2.30. The lowest BCUT2D eigenvalue weighted by Crippen LogP contribution is -2.55. The van der Waals surface area contributed by atoms with E-state index in [2.05, 4.69) is 15.3 Å². The molecule has 2 aromatic heterocycles. The predicted molar refractivity (Wildman–Crippen MR) is 104 cm³/mol. The van der Waals surface area contributed by atoms with E-state index in [0.717, 1.165) is 11.3 Å². The van der Waals surface area contributed by atoms with Crippen molar-refractivity contribution in [3.05, 3.63) is 32.5 Å². The van der Waals surface area contributed by atoms with Crippen molar-refractivity contribution in [1.29, 1.82) is 0 Å². The van der Waals surface area contributed by atoms with Gasteiger partial charge in [-0.3, -0.25) is 4.79 Å². The number of carboxylic acid groups (broad SMARTS) is 1. The molecule has 3 N–H and O–H groups in total. The number of carbonyl (C=O) groups is 2. The van der Waals surface area contributed by atoms with Crippen LogP contribution in [-0.2, 0) is 4.74 Å². The molecule has 8 nitrogen and oxygen atoms in total. The van der Waals surface area contributed by atoms with Crippen LogP contribution in [0.4, 0.5) is 5.13 Å². The zero-order chi connectivity index (χ0) is 19.7. The van der Waals surface area contributed by atoms with E-state index in [9.17, 15) is 9.59 Å². The lowest BCUT2D eigenvalue weighted by molar-refractivity contribution is 0.0540. The summed E-state index contributed by atoms with van der Waals surface area (Å²) in [4.78, 5) is 32.8. The first-order chi connectivity index (χ1) is 12.8. The maximum atomic E-state index is 12.6. The monoisotopic (exact) mass is 432 g/mol. The van der Waals surface area contributed by atoms with Gasteiger partial charge in [0.15, 0.2) is 5.13 Å². The van der Waals surface area contributed by atoms with Gasteiger partial charge in [-0.05, 0) is 13.3 Å². The van der Waals surface area contributed by atoms with Gasteiger partial charge < -0.3 is 25.0 Å². The molecule has 0 spiro atoms. The summed E-state index contributed by atoms with van der Waals surface area (Å²) in [6, 6.07) is -0.226. The largest absolute Gasteiger partial charge is 0.477 e. The molecule has 0 aromatic carbocycles. The standard InChI is InChI=1S/C16H18Cl2N4O4S/c1-7-11(17)12(18)13(20-7)14(23)21-8-3-4-22(6-9(8)26-2)16-19-5-10(27-16)15(24)25/h5,8-9,20H,3-4,6H2,1-2H3,(H,21,23)(H,24,25). The molecule has 2 unspecified atom stereocenters. The number of nitrogens with one attached hydrogen (secondary N) is 2. The van der Waals surface area contributed by atoms with Crippen LogP contribution in [0.25, 0.3) is 0 Å². The fourth-order valence-corrected chi connectivity index (χ4v) is 4.18. The summed E-state index contributed by atoms with van der Waals surface area (Å²) in [5.74, 6) is -1.35.